The summed E-state index contributed by atoms with van der Waals surface area (Å²) in [6, 6.07) is 12.6. The average Bonchev–Trinajstić information content (AvgIpc) is 3.09. The summed E-state index contributed by atoms with van der Waals surface area (Å²) in [7, 11) is 0. The van der Waals surface area contributed by atoms with E-state index in [0.29, 0.717) is 23.7 Å². The van der Waals surface area contributed by atoms with Gasteiger partial charge in [0.15, 0.2) is 5.82 Å². The number of tetrazole rings is 1. The second-order valence-corrected chi connectivity index (χ2v) is 5.16. The van der Waals surface area contributed by atoms with E-state index in [-0.39, 0.29) is 12.3 Å². The molecule has 1 aromatic heterocycles. The Morgan fingerprint density at radius 2 is 2.08 bits per heavy atom. The second-order valence-electron chi connectivity index (χ2n) is 5.16. The molecule has 0 atom stereocenters. The highest BCUT2D eigenvalue weighted by molar-refractivity contribution is 6.04. The molecule has 0 unspecified atom stereocenters. The van der Waals surface area contributed by atoms with E-state index < -0.39 is 11.7 Å². The number of aryl methyl sites for hydroxylation is 1. The molecule has 7 nitrogen and oxygen atoms in total. The van der Waals surface area contributed by atoms with Gasteiger partial charge in [0.25, 0.3) is 5.91 Å². The van der Waals surface area contributed by atoms with E-state index in [0.717, 1.165) is 0 Å². The van der Waals surface area contributed by atoms with Crippen molar-refractivity contribution < 1.29 is 13.9 Å². The Hall–Kier alpha value is -3.29. The molecule has 128 valence electrons. The quantitative estimate of drug-likeness (QED) is 0.745. The van der Waals surface area contributed by atoms with Crippen molar-refractivity contribution in [3.05, 3.63) is 65.7 Å². The fourth-order valence-corrected chi connectivity index (χ4v) is 2.20. The molecule has 0 aliphatic heterocycles. The smallest absolute Gasteiger partial charge is 0.255 e. The van der Waals surface area contributed by atoms with Crippen molar-refractivity contribution in [1.82, 2.24) is 20.2 Å². The number of hydrogen-bond acceptors (Lipinski definition) is 5. The lowest BCUT2D eigenvalue weighted by Gasteiger charge is -2.09. The number of para-hydroxylation sites is 1. The topological polar surface area (TPSA) is 81.9 Å². The van der Waals surface area contributed by atoms with Gasteiger partial charge in [0.1, 0.15) is 18.2 Å². The number of amides is 1. The first-order chi connectivity index (χ1) is 12.2. The van der Waals surface area contributed by atoms with Crippen LogP contribution in [0, 0.1) is 5.82 Å². The average molecular weight is 341 g/mol. The zero-order valence-electron chi connectivity index (χ0n) is 13.5. The fourth-order valence-electron chi connectivity index (χ4n) is 2.20. The van der Waals surface area contributed by atoms with E-state index in [1.54, 1.807) is 41.1 Å². The Balaban J connectivity index is 1.68. The molecule has 1 heterocycles. The summed E-state index contributed by atoms with van der Waals surface area (Å²) in [4.78, 5) is 12.3. The van der Waals surface area contributed by atoms with Crippen LogP contribution in [-0.4, -0.2) is 26.1 Å². The molecule has 0 saturated heterocycles. The van der Waals surface area contributed by atoms with E-state index >= 15 is 0 Å². The summed E-state index contributed by atoms with van der Waals surface area (Å²) in [5, 5.41) is 13.8. The number of hydrogen-bond donors (Lipinski definition) is 1. The monoisotopic (exact) mass is 341 g/mol. The van der Waals surface area contributed by atoms with Gasteiger partial charge in [-0.05, 0) is 47.7 Å². The van der Waals surface area contributed by atoms with E-state index in [1.807, 2.05) is 6.92 Å². The van der Waals surface area contributed by atoms with Crippen molar-refractivity contribution >= 4 is 11.6 Å². The van der Waals surface area contributed by atoms with Gasteiger partial charge in [0.2, 0.25) is 0 Å². The minimum atomic E-state index is -0.491. The summed E-state index contributed by atoms with van der Waals surface area (Å²) < 4.78 is 20.9. The number of ether oxygens (including phenoxy) is 1. The van der Waals surface area contributed by atoms with E-state index in [1.165, 1.54) is 12.1 Å². The van der Waals surface area contributed by atoms with Crippen LogP contribution in [0.3, 0.4) is 0 Å². The van der Waals surface area contributed by atoms with Gasteiger partial charge < -0.3 is 10.1 Å². The number of halogens is 1. The first kappa shape index (κ1) is 16.6. The number of aromatic nitrogens is 4. The summed E-state index contributed by atoms with van der Waals surface area (Å²) in [6.07, 6.45) is 0. The van der Waals surface area contributed by atoms with Crippen molar-refractivity contribution in [2.75, 3.05) is 5.32 Å². The lowest BCUT2D eigenvalue weighted by Crippen LogP contribution is -2.13. The highest BCUT2D eigenvalue weighted by Crippen LogP contribution is 2.18. The Bertz CT molecular complexity index is 881. The largest absolute Gasteiger partial charge is 0.486 e. The Labute approximate surface area is 143 Å². The number of carbonyl (C=O) groups excluding carboxylic acids is 1. The van der Waals surface area contributed by atoms with Gasteiger partial charge in [-0.15, -0.1) is 5.10 Å². The summed E-state index contributed by atoms with van der Waals surface area (Å²) in [6.45, 7) is 2.74. The van der Waals surface area contributed by atoms with E-state index in [4.69, 9.17) is 4.74 Å². The number of benzene rings is 2. The SMILES string of the molecule is CCn1nnnc1COc1cccc(C(=O)Nc2ccccc2F)c1. The van der Waals surface area contributed by atoms with Crippen molar-refractivity contribution in [2.45, 2.75) is 20.1 Å². The normalized spacial score (nSPS) is 10.5. The lowest BCUT2D eigenvalue weighted by atomic mass is 10.2. The molecule has 0 aliphatic carbocycles. The van der Waals surface area contributed by atoms with Crippen LogP contribution < -0.4 is 10.1 Å². The molecule has 1 amide bonds. The summed E-state index contributed by atoms with van der Waals surface area (Å²) in [5.41, 5.74) is 0.483. The molecular weight excluding hydrogens is 325 g/mol. The van der Waals surface area contributed by atoms with Crippen molar-refractivity contribution in [2.24, 2.45) is 0 Å². The molecule has 0 fully saturated rings. The number of nitrogens with zero attached hydrogens (tertiary/aromatic N) is 4. The van der Waals surface area contributed by atoms with Crippen LogP contribution in [0.4, 0.5) is 10.1 Å². The van der Waals surface area contributed by atoms with E-state index in [9.17, 15) is 9.18 Å². The number of nitrogens with one attached hydrogen (secondary N) is 1. The minimum absolute atomic E-state index is 0.126. The van der Waals surface area contributed by atoms with Crippen LogP contribution in [0.1, 0.15) is 23.1 Å². The molecule has 0 bridgehead atoms. The van der Waals surface area contributed by atoms with Gasteiger partial charge >= 0.3 is 0 Å². The zero-order valence-corrected chi connectivity index (χ0v) is 13.5. The van der Waals surface area contributed by atoms with Crippen molar-refractivity contribution in [3.63, 3.8) is 0 Å². The van der Waals surface area contributed by atoms with Gasteiger partial charge in [0, 0.05) is 12.1 Å². The standard InChI is InChI=1S/C17H16FN5O2/c1-2-23-16(20-21-22-23)11-25-13-7-5-6-12(10-13)17(24)19-15-9-4-3-8-14(15)18/h3-10H,2,11H2,1H3,(H,19,24). The highest BCUT2D eigenvalue weighted by Gasteiger charge is 2.11. The van der Waals surface area contributed by atoms with Crippen molar-refractivity contribution in [3.8, 4) is 5.75 Å². The molecule has 25 heavy (non-hydrogen) atoms. The number of rotatable bonds is 6. The van der Waals surface area contributed by atoms with E-state index in [2.05, 4.69) is 20.8 Å². The maximum absolute atomic E-state index is 13.6. The van der Waals surface area contributed by atoms with Crippen LogP contribution >= 0.6 is 0 Å². The Kier molecular flexibility index (Phi) is 4.98. The molecular formula is C17H16FN5O2. The molecule has 8 heteroatoms. The first-order valence-electron chi connectivity index (χ1n) is 7.71. The molecule has 0 radical (unpaired) electrons. The minimum Gasteiger partial charge on any atom is -0.486 e. The van der Waals surface area contributed by atoms with Crippen molar-refractivity contribution in [1.29, 1.82) is 0 Å². The van der Waals surface area contributed by atoms with Crippen LogP contribution in [0.25, 0.3) is 0 Å². The third kappa shape index (κ3) is 3.97. The molecule has 0 saturated carbocycles. The molecule has 1 N–H and O–H groups in total. The lowest BCUT2D eigenvalue weighted by molar-refractivity contribution is 0.102. The van der Waals surface area contributed by atoms with Crippen LogP contribution in [0.15, 0.2) is 48.5 Å². The summed E-state index contributed by atoms with van der Waals surface area (Å²) >= 11 is 0. The maximum Gasteiger partial charge on any atom is 0.255 e. The van der Waals surface area contributed by atoms with Crippen LogP contribution in [-0.2, 0) is 13.2 Å². The van der Waals surface area contributed by atoms with Gasteiger partial charge in [-0.1, -0.05) is 18.2 Å². The van der Waals surface area contributed by atoms with Crippen LogP contribution in [0.5, 0.6) is 5.75 Å². The molecule has 3 rings (SSSR count). The molecule has 0 aliphatic rings. The maximum atomic E-state index is 13.6. The third-order valence-electron chi connectivity index (χ3n) is 3.49. The van der Waals surface area contributed by atoms with Gasteiger partial charge in [-0.25, -0.2) is 9.07 Å². The molecule has 3 aromatic rings. The molecule has 0 spiro atoms. The predicted molar refractivity (Wildman–Crippen MR) is 88.6 cm³/mol. The second kappa shape index (κ2) is 7.52. The van der Waals surface area contributed by atoms with Gasteiger partial charge in [0.05, 0.1) is 5.69 Å². The van der Waals surface area contributed by atoms with Crippen LogP contribution in [0.2, 0.25) is 0 Å². The third-order valence-corrected chi connectivity index (χ3v) is 3.49. The Morgan fingerprint density at radius 3 is 2.88 bits per heavy atom. The van der Waals surface area contributed by atoms with Gasteiger partial charge in [-0.3, -0.25) is 4.79 Å². The van der Waals surface area contributed by atoms with Gasteiger partial charge in [-0.2, -0.15) is 0 Å². The zero-order chi connectivity index (χ0) is 17.6. The predicted octanol–water partition coefficient (Wildman–Crippen LogP) is 2.66. The highest BCUT2D eigenvalue weighted by atomic mass is 19.1. The first-order valence-corrected chi connectivity index (χ1v) is 7.71. The fraction of sp³-hybridized carbons (Fsp3) is 0.176. The Morgan fingerprint density at radius 1 is 1.24 bits per heavy atom. The summed E-state index contributed by atoms with van der Waals surface area (Å²) in [5.74, 6) is 0.166. The number of carbonyl (C=O) groups is 1. The molecule has 2 aromatic carbocycles. The number of anilines is 1.